The first-order valence-electron chi connectivity index (χ1n) is 7.36. The normalized spacial score (nSPS) is 16.3. The molecule has 1 N–H and O–H groups in total. The average molecular weight is 284 g/mol. The van der Waals surface area contributed by atoms with Crippen LogP contribution >= 0.6 is 0 Å². The summed E-state index contributed by atoms with van der Waals surface area (Å²) in [6.07, 6.45) is 1.94. The first kappa shape index (κ1) is 19.4. The van der Waals surface area contributed by atoms with Crippen molar-refractivity contribution in [3.05, 3.63) is 0 Å². The molecule has 3 heteroatoms. The van der Waals surface area contributed by atoms with Crippen molar-refractivity contribution >= 4 is 0 Å². The van der Waals surface area contributed by atoms with Gasteiger partial charge in [0.2, 0.25) is 0 Å². The summed E-state index contributed by atoms with van der Waals surface area (Å²) in [5, 5.41) is 10.4. The summed E-state index contributed by atoms with van der Waals surface area (Å²) in [5.41, 5.74) is -2.49. The molecule has 0 aromatic carbocycles. The van der Waals surface area contributed by atoms with Crippen LogP contribution in [0.5, 0.6) is 0 Å². The van der Waals surface area contributed by atoms with Crippen molar-refractivity contribution in [3.63, 3.8) is 0 Å². The Balaban J connectivity index is 4.78. The van der Waals surface area contributed by atoms with Crippen LogP contribution in [-0.2, 0) is 9.78 Å². The molecule has 0 aromatic heterocycles. The van der Waals surface area contributed by atoms with E-state index in [-0.39, 0.29) is 11.0 Å². The second-order valence-electron chi connectivity index (χ2n) is 7.76. The molecule has 20 heavy (non-hydrogen) atoms. The SMILES string of the molecule is CCCC(C)(C)OOC(C)(C)C#CC(C)(O)C(C)(C)C. The highest BCUT2D eigenvalue weighted by Gasteiger charge is 2.34. The quantitative estimate of drug-likeness (QED) is 0.469. The van der Waals surface area contributed by atoms with Gasteiger partial charge in [0.15, 0.2) is 5.60 Å². The number of aliphatic hydroxyl groups is 1. The van der Waals surface area contributed by atoms with Gasteiger partial charge in [-0.2, -0.15) is 0 Å². The molecule has 0 spiro atoms. The van der Waals surface area contributed by atoms with Gasteiger partial charge in [-0.25, -0.2) is 9.78 Å². The lowest BCUT2D eigenvalue weighted by atomic mass is 9.78. The summed E-state index contributed by atoms with van der Waals surface area (Å²) in [6.45, 7) is 17.3. The van der Waals surface area contributed by atoms with Gasteiger partial charge in [0.1, 0.15) is 5.60 Å². The van der Waals surface area contributed by atoms with Crippen LogP contribution in [0.2, 0.25) is 0 Å². The fourth-order valence-electron chi connectivity index (χ4n) is 1.34. The third kappa shape index (κ3) is 6.74. The van der Waals surface area contributed by atoms with Gasteiger partial charge in [0, 0.05) is 5.41 Å². The molecular weight excluding hydrogens is 252 g/mol. The minimum Gasteiger partial charge on any atom is -0.377 e. The van der Waals surface area contributed by atoms with E-state index in [0.29, 0.717) is 0 Å². The first-order chi connectivity index (χ1) is 8.72. The average Bonchev–Trinajstić information content (AvgIpc) is 2.23. The van der Waals surface area contributed by atoms with Gasteiger partial charge in [-0.15, -0.1) is 0 Å². The smallest absolute Gasteiger partial charge is 0.158 e. The minimum atomic E-state index is -1.08. The zero-order valence-electron chi connectivity index (χ0n) is 14.7. The molecule has 0 radical (unpaired) electrons. The molecule has 3 nitrogen and oxygen atoms in total. The number of hydrogen-bond acceptors (Lipinski definition) is 3. The standard InChI is InChI=1S/C17H32O3/c1-10-11-15(5,6)19-20-16(7,8)12-13-17(9,18)14(2,3)4/h18H,10-11H2,1-9H3. The van der Waals surface area contributed by atoms with Gasteiger partial charge in [-0.3, -0.25) is 0 Å². The van der Waals surface area contributed by atoms with Gasteiger partial charge < -0.3 is 5.11 Å². The summed E-state index contributed by atoms with van der Waals surface area (Å²) < 4.78 is 0. The van der Waals surface area contributed by atoms with Crippen molar-refractivity contribution in [2.45, 2.75) is 92.0 Å². The van der Waals surface area contributed by atoms with E-state index in [0.717, 1.165) is 12.8 Å². The van der Waals surface area contributed by atoms with E-state index in [9.17, 15) is 5.11 Å². The van der Waals surface area contributed by atoms with E-state index in [1.54, 1.807) is 6.92 Å². The Kier molecular flexibility index (Phi) is 6.29. The fourth-order valence-corrected chi connectivity index (χ4v) is 1.34. The fraction of sp³-hybridized carbons (Fsp3) is 0.882. The first-order valence-corrected chi connectivity index (χ1v) is 7.36. The maximum atomic E-state index is 10.4. The molecule has 0 fully saturated rings. The summed E-state index contributed by atoms with van der Waals surface area (Å²) in [7, 11) is 0. The second-order valence-corrected chi connectivity index (χ2v) is 7.76. The number of rotatable bonds is 5. The summed E-state index contributed by atoms with van der Waals surface area (Å²) >= 11 is 0. The highest BCUT2D eigenvalue weighted by Crippen LogP contribution is 2.29. The van der Waals surface area contributed by atoms with Crippen LogP contribution in [0.3, 0.4) is 0 Å². The molecule has 1 unspecified atom stereocenters. The Morgan fingerprint density at radius 1 is 0.850 bits per heavy atom. The maximum Gasteiger partial charge on any atom is 0.158 e. The van der Waals surface area contributed by atoms with E-state index >= 15 is 0 Å². The summed E-state index contributed by atoms with van der Waals surface area (Å²) in [6, 6.07) is 0. The van der Waals surface area contributed by atoms with Crippen LogP contribution in [0.15, 0.2) is 0 Å². The van der Waals surface area contributed by atoms with Crippen LogP contribution in [0.1, 0.15) is 75.2 Å². The second kappa shape index (κ2) is 6.47. The summed E-state index contributed by atoms with van der Waals surface area (Å²) in [4.78, 5) is 11.0. The van der Waals surface area contributed by atoms with Crippen molar-refractivity contribution in [1.82, 2.24) is 0 Å². The van der Waals surface area contributed by atoms with Gasteiger partial charge in [-0.05, 0) is 41.0 Å². The van der Waals surface area contributed by atoms with Crippen LogP contribution in [0.4, 0.5) is 0 Å². The molecule has 0 amide bonds. The number of hydrogen-bond donors (Lipinski definition) is 1. The highest BCUT2D eigenvalue weighted by atomic mass is 17.2. The van der Waals surface area contributed by atoms with E-state index < -0.39 is 11.2 Å². The lowest BCUT2D eigenvalue weighted by molar-refractivity contribution is -0.389. The third-order valence-electron chi connectivity index (χ3n) is 3.39. The highest BCUT2D eigenvalue weighted by molar-refractivity contribution is 5.21. The van der Waals surface area contributed by atoms with E-state index in [4.69, 9.17) is 9.78 Å². The molecule has 0 saturated heterocycles. The molecule has 0 saturated carbocycles. The monoisotopic (exact) mass is 284 g/mol. The van der Waals surface area contributed by atoms with E-state index in [2.05, 4.69) is 18.8 Å². The lowest BCUT2D eigenvalue weighted by Crippen LogP contribution is -2.39. The van der Waals surface area contributed by atoms with Crippen molar-refractivity contribution < 1.29 is 14.9 Å². The molecule has 0 aliphatic rings. The van der Waals surface area contributed by atoms with E-state index in [1.807, 2.05) is 48.5 Å². The zero-order valence-corrected chi connectivity index (χ0v) is 14.7. The van der Waals surface area contributed by atoms with Crippen LogP contribution in [0.25, 0.3) is 0 Å². The van der Waals surface area contributed by atoms with Crippen LogP contribution < -0.4 is 0 Å². The molecule has 0 rings (SSSR count). The Labute approximate surface area is 125 Å². The topological polar surface area (TPSA) is 38.7 Å². The van der Waals surface area contributed by atoms with Crippen LogP contribution in [-0.4, -0.2) is 21.9 Å². The third-order valence-corrected chi connectivity index (χ3v) is 3.39. The van der Waals surface area contributed by atoms with Gasteiger partial charge in [0.05, 0.1) is 5.60 Å². The predicted octanol–water partition coefficient (Wildman–Crippen LogP) is 4.09. The summed E-state index contributed by atoms with van der Waals surface area (Å²) in [5.74, 6) is 5.88. The lowest BCUT2D eigenvalue weighted by Gasteiger charge is -2.33. The molecule has 0 aromatic rings. The van der Waals surface area contributed by atoms with Crippen molar-refractivity contribution in [1.29, 1.82) is 0 Å². The van der Waals surface area contributed by atoms with Crippen LogP contribution in [0, 0.1) is 17.3 Å². The Morgan fingerprint density at radius 3 is 1.75 bits per heavy atom. The van der Waals surface area contributed by atoms with Gasteiger partial charge in [0.25, 0.3) is 0 Å². The molecule has 118 valence electrons. The minimum absolute atomic E-state index is 0.321. The molecule has 1 atom stereocenters. The molecule has 0 aliphatic heterocycles. The maximum absolute atomic E-state index is 10.4. The molecule has 0 aliphatic carbocycles. The van der Waals surface area contributed by atoms with E-state index in [1.165, 1.54) is 0 Å². The van der Waals surface area contributed by atoms with Crippen molar-refractivity contribution in [3.8, 4) is 11.8 Å². The predicted molar refractivity (Wildman–Crippen MR) is 83.1 cm³/mol. The van der Waals surface area contributed by atoms with Gasteiger partial charge >= 0.3 is 0 Å². The molecule has 0 bridgehead atoms. The zero-order chi connectivity index (χ0) is 16.2. The Morgan fingerprint density at radius 2 is 1.35 bits per heavy atom. The Hall–Kier alpha value is -0.560. The van der Waals surface area contributed by atoms with Crippen molar-refractivity contribution in [2.75, 3.05) is 0 Å². The van der Waals surface area contributed by atoms with Crippen molar-refractivity contribution in [2.24, 2.45) is 5.41 Å². The molecular formula is C17H32O3. The van der Waals surface area contributed by atoms with Gasteiger partial charge in [-0.1, -0.05) is 46.0 Å². The largest absolute Gasteiger partial charge is 0.377 e. The molecule has 0 heterocycles. The Bertz CT molecular complexity index is 362.